The van der Waals surface area contributed by atoms with Crippen LogP contribution < -0.4 is 15.4 Å². The molecule has 3 rings (SSSR count). The first-order valence-corrected chi connectivity index (χ1v) is 8.41. The summed E-state index contributed by atoms with van der Waals surface area (Å²) in [6.07, 6.45) is 3.81. The SMILES string of the molecule is COc1ccc(C(=O)NCCNc2cc(-n3cccc3)nc(C)n2)cc1F. The first-order chi connectivity index (χ1) is 13.1. The van der Waals surface area contributed by atoms with Crippen LogP contribution in [0.5, 0.6) is 5.75 Å². The molecular formula is C19H20FN5O2. The maximum atomic E-state index is 13.7. The third-order valence-electron chi connectivity index (χ3n) is 3.82. The van der Waals surface area contributed by atoms with Crippen LogP contribution in [0.15, 0.2) is 48.8 Å². The minimum atomic E-state index is -0.572. The van der Waals surface area contributed by atoms with Gasteiger partial charge in [0.2, 0.25) is 0 Å². The van der Waals surface area contributed by atoms with E-state index in [-0.39, 0.29) is 17.2 Å². The molecule has 0 unspecified atom stereocenters. The second-order valence-electron chi connectivity index (χ2n) is 5.78. The van der Waals surface area contributed by atoms with Crippen LogP contribution in [-0.4, -0.2) is 40.6 Å². The number of aryl methyl sites for hydroxylation is 1. The van der Waals surface area contributed by atoms with E-state index in [0.717, 1.165) is 11.9 Å². The monoisotopic (exact) mass is 369 g/mol. The molecule has 0 spiro atoms. The molecule has 0 fully saturated rings. The zero-order chi connectivity index (χ0) is 19.2. The van der Waals surface area contributed by atoms with Gasteiger partial charge in [-0.2, -0.15) is 0 Å². The molecule has 7 nitrogen and oxygen atoms in total. The molecule has 140 valence electrons. The van der Waals surface area contributed by atoms with Crippen LogP contribution in [0.4, 0.5) is 10.2 Å². The van der Waals surface area contributed by atoms with Crippen molar-refractivity contribution in [3.63, 3.8) is 0 Å². The van der Waals surface area contributed by atoms with Gasteiger partial charge >= 0.3 is 0 Å². The number of halogens is 1. The number of anilines is 1. The number of rotatable bonds is 7. The van der Waals surface area contributed by atoms with Gasteiger partial charge in [-0.05, 0) is 37.3 Å². The summed E-state index contributed by atoms with van der Waals surface area (Å²) in [5.74, 6) is 1.23. The van der Waals surface area contributed by atoms with Crippen molar-refractivity contribution in [3.05, 3.63) is 66.0 Å². The minimum absolute atomic E-state index is 0.103. The number of methoxy groups -OCH3 is 1. The lowest BCUT2D eigenvalue weighted by atomic mass is 10.2. The Labute approximate surface area is 156 Å². The number of benzene rings is 1. The van der Waals surface area contributed by atoms with E-state index in [4.69, 9.17) is 4.74 Å². The average molecular weight is 369 g/mol. The predicted octanol–water partition coefficient (Wildman–Crippen LogP) is 2.57. The fourth-order valence-electron chi connectivity index (χ4n) is 2.54. The topological polar surface area (TPSA) is 81.1 Å². The molecule has 27 heavy (non-hydrogen) atoms. The quantitative estimate of drug-likeness (QED) is 0.626. The molecule has 0 aliphatic heterocycles. The Morgan fingerprint density at radius 2 is 1.96 bits per heavy atom. The molecule has 2 heterocycles. The van der Waals surface area contributed by atoms with E-state index in [1.807, 2.05) is 42.1 Å². The van der Waals surface area contributed by atoms with E-state index in [9.17, 15) is 9.18 Å². The molecular weight excluding hydrogens is 349 g/mol. The van der Waals surface area contributed by atoms with Gasteiger partial charge in [0, 0.05) is 37.1 Å². The molecule has 1 amide bonds. The minimum Gasteiger partial charge on any atom is -0.494 e. The summed E-state index contributed by atoms with van der Waals surface area (Å²) >= 11 is 0. The van der Waals surface area contributed by atoms with Crippen molar-refractivity contribution in [1.29, 1.82) is 0 Å². The Kier molecular flexibility index (Phi) is 5.65. The van der Waals surface area contributed by atoms with Crippen molar-refractivity contribution in [2.45, 2.75) is 6.92 Å². The second kappa shape index (κ2) is 8.31. The second-order valence-corrected chi connectivity index (χ2v) is 5.78. The normalized spacial score (nSPS) is 10.5. The van der Waals surface area contributed by atoms with E-state index < -0.39 is 5.82 Å². The smallest absolute Gasteiger partial charge is 0.251 e. The van der Waals surface area contributed by atoms with E-state index in [0.29, 0.717) is 24.7 Å². The number of aromatic nitrogens is 3. The van der Waals surface area contributed by atoms with E-state index >= 15 is 0 Å². The summed E-state index contributed by atoms with van der Waals surface area (Å²) < 4.78 is 20.4. The highest BCUT2D eigenvalue weighted by Gasteiger charge is 2.09. The Bertz CT molecular complexity index is 928. The van der Waals surface area contributed by atoms with E-state index in [1.165, 1.54) is 19.2 Å². The number of carbonyl (C=O) groups excluding carboxylic acids is 1. The van der Waals surface area contributed by atoms with E-state index in [1.54, 1.807) is 0 Å². The van der Waals surface area contributed by atoms with Gasteiger partial charge in [-0.1, -0.05) is 0 Å². The van der Waals surface area contributed by atoms with Crippen LogP contribution in [0.3, 0.4) is 0 Å². The third kappa shape index (κ3) is 4.60. The summed E-state index contributed by atoms with van der Waals surface area (Å²) in [5.41, 5.74) is 0.237. The van der Waals surface area contributed by atoms with Crippen molar-refractivity contribution in [1.82, 2.24) is 19.9 Å². The van der Waals surface area contributed by atoms with Crippen LogP contribution in [-0.2, 0) is 0 Å². The zero-order valence-corrected chi connectivity index (χ0v) is 15.1. The van der Waals surface area contributed by atoms with Gasteiger partial charge in [0.15, 0.2) is 11.6 Å². The number of amides is 1. The fourth-order valence-corrected chi connectivity index (χ4v) is 2.54. The summed E-state index contributed by atoms with van der Waals surface area (Å²) in [5, 5.41) is 5.88. The Morgan fingerprint density at radius 1 is 1.19 bits per heavy atom. The van der Waals surface area contributed by atoms with Gasteiger partial charge in [-0.15, -0.1) is 0 Å². The van der Waals surface area contributed by atoms with Crippen molar-refractivity contribution in [3.8, 4) is 11.6 Å². The van der Waals surface area contributed by atoms with Crippen LogP contribution >= 0.6 is 0 Å². The Balaban J connectivity index is 1.54. The molecule has 0 radical (unpaired) electrons. The summed E-state index contributed by atoms with van der Waals surface area (Å²) in [6, 6.07) is 9.76. The largest absolute Gasteiger partial charge is 0.494 e. The highest BCUT2D eigenvalue weighted by atomic mass is 19.1. The zero-order valence-electron chi connectivity index (χ0n) is 15.1. The molecule has 0 saturated heterocycles. The van der Waals surface area contributed by atoms with Crippen LogP contribution in [0, 0.1) is 12.7 Å². The standard InChI is InChI=1S/C19H20FN5O2/c1-13-23-17(12-18(24-13)25-9-3-4-10-25)21-7-8-22-19(26)14-5-6-16(27-2)15(20)11-14/h3-6,9-12H,7-8H2,1-2H3,(H,22,26)(H,21,23,24). The van der Waals surface area contributed by atoms with Gasteiger partial charge in [0.05, 0.1) is 7.11 Å². The summed E-state index contributed by atoms with van der Waals surface area (Å²) in [6.45, 7) is 2.64. The van der Waals surface area contributed by atoms with Crippen molar-refractivity contribution in [2.75, 3.05) is 25.5 Å². The summed E-state index contributed by atoms with van der Waals surface area (Å²) in [7, 11) is 1.38. The highest BCUT2D eigenvalue weighted by Crippen LogP contribution is 2.17. The lowest BCUT2D eigenvalue weighted by Gasteiger charge is -2.10. The number of hydrogen-bond acceptors (Lipinski definition) is 5. The average Bonchev–Trinajstić information content (AvgIpc) is 3.19. The van der Waals surface area contributed by atoms with Gasteiger partial charge in [-0.3, -0.25) is 4.79 Å². The van der Waals surface area contributed by atoms with Gasteiger partial charge in [0.25, 0.3) is 5.91 Å². The van der Waals surface area contributed by atoms with Crippen LogP contribution in [0.2, 0.25) is 0 Å². The van der Waals surface area contributed by atoms with E-state index in [2.05, 4.69) is 20.6 Å². The highest BCUT2D eigenvalue weighted by molar-refractivity contribution is 5.94. The fraction of sp³-hybridized carbons (Fsp3) is 0.211. The van der Waals surface area contributed by atoms with Crippen molar-refractivity contribution < 1.29 is 13.9 Å². The third-order valence-corrected chi connectivity index (χ3v) is 3.82. The molecule has 2 N–H and O–H groups in total. The van der Waals surface area contributed by atoms with Gasteiger partial charge < -0.3 is 19.9 Å². The van der Waals surface area contributed by atoms with Crippen LogP contribution in [0.25, 0.3) is 5.82 Å². The molecule has 3 aromatic rings. The number of nitrogens with zero attached hydrogens (tertiary/aromatic N) is 3. The molecule has 1 aromatic carbocycles. The number of hydrogen-bond donors (Lipinski definition) is 2. The molecule has 2 aromatic heterocycles. The molecule has 0 aliphatic carbocycles. The first kappa shape index (κ1) is 18.4. The number of nitrogens with one attached hydrogen (secondary N) is 2. The van der Waals surface area contributed by atoms with Gasteiger partial charge in [0.1, 0.15) is 17.5 Å². The lowest BCUT2D eigenvalue weighted by molar-refractivity contribution is 0.0954. The van der Waals surface area contributed by atoms with Crippen LogP contribution in [0.1, 0.15) is 16.2 Å². The molecule has 0 aliphatic rings. The lowest BCUT2D eigenvalue weighted by Crippen LogP contribution is -2.29. The molecule has 0 atom stereocenters. The van der Waals surface area contributed by atoms with Gasteiger partial charge in [-0.25, -0.2) is 14.4 Å². The maximum absolute atomic E-state index is 13.7. The molecule has 0 saturated carbocycles. The summed E-state index contributed by atoms with van der Waals surface area (Å²) in [4.78, 5) is 20.8. The maximum Gasteiger partial charge on any atom is 0.251 e. The Hall–Kier alpha value is -3.42. The number of ether oxygens (including phenoxy) is 1. The predicted molar refractivity (Wildman–Crippen MR) is 99.9 cm³/mol. The number of carbonyl (C=O) groups is 1. The Morgan fingerprint density at radius 3 is 2.67 bits per heavy atom. The van der Waals surface area contributed by atoms with Crippen molar-refractivity contribution in [2.24, 2.45) is 0 Å². The first-order valence-electron chi connectivity index (χ1n) is 8.41. The molecule has 0 bridgehead atoms. The molecule has 8 heteroatoms. The van der Waals surface area contributed by atoms with Crippen molar-refractivity contribution >= 4 is 11.7 Å².